The molecule has 0 aromatic carbocycles. The smallest absolute Gasteiger partial charge is 0.158 e. The highest BCUT2D eigenvalue weighted by Gasteiger charge is 2.25. The molecule has 4 atom stereocenters. The molecule has 2 fully saturated rings. The lowest BCUT2D eigenvalue weighted by atomic mass is 10.2. The Morgan fingerprint density at radius 2 is 1.31 bits per heavy atom. The summed E-state index contributed by atoms with van der Waals surface area (Å²) in [5.41, 5.74) is 0. The molecule has 0 aromatic heterocycles. The van der Waals surface area contributed by atoms with Gasteiger partial charge in [0.1, 0.15) is 0 Å². The Morgan fingerprint density at radius 3 is 1.62 bits per heavy atom. The number of hydrogen-bond donors (Lipinski definition) is 0. The summed E-state index contributed by atoms with van der Waals surface area (Å²) in [6, 6.07) is 0. The predicted octanol–water partition coefficient (Wildman–Crippen LogP) is 2.07. The molecule has 4 unspecified atom stereocenters. The second-order valence-electron chi connectivity index (χ2n) is 4.57. The zero-order valence-electron chi connectivity index (χ0n) is 10.2. The van der Waals surface area contributed by atoms with Crippen molar-refractivity contribution in [3.63, 3.8) is 0 Å². The molecule has 0 aromatic rings. The minimum Gasteiger partial charge on any atom is -0.353 e. The number of ether oxygens (including phenoxy) is 4. The van der Waals surface area contributed by atoms with Crippen LogP contribution in [-0.2, 0) is 18.9 Å². The van der Waals surface area contributed by atoms with Crippen molar-refractivity contribution in [2.75, 3.05) is 13.2 Å². The first kappa shape index (κ1) is 12.3. The largest absolute Gasteiger partial charge is 0.353 e. The fraction of sp³-hybridized carbons (Fsp3) is 1.00. The molecule has 2 aliphatic rings. The number of rotatable bonds is 5. The Kier molecular flexibility index (Phi) is 4.58. The van der Waals surface area contributed by atoms with Crippen LogP contribution in [0.15, 0.2) is 0 Å². The predicted molar refractivity (Wildman–Crippen MR) is 59.0 cm³/mol. The Balaban J connectivity index is 1.68. The standard InChI is InChI=1S/C12H22O4/c1-9(15-11-5-3-7-13-11)10(2)16-12-6-4-8-14-12/h9-12H,3-8H2,1-2H3. The van der Waals surface area contributed by atoms with E-state index < -0.39 is 0 Å². The van der Waals surface area contributed by atoms with Crippen molar-refractivity contribution in [3.05, 3.63) is 0 Å². The van der Waals surface area contributed by atoms with Crippen LogP contribution in [0.2, 0.25) is 0 Å². The third kappa shape index (κ3) is 3.42. The van der Waals surface area contributed by atoms with Gasteiger partial charge in [0, 0.05) is 26.1 Å². The Labute approximate surface area is 97.2 Å². The number of hydrogen-bond acceptors (Lipinski definition) is 4. The van der Waals surface area contributed by atoms with Crippen LogP contribution in [0.25, 0.3) is 0 Å². The van der Waals surface area contributed by atoms with Crippen LogP contribution in [0.3, 0.4) is 0 Å². The van der Waals surface area contributed by atoms with Gasteiger partial charge in [0.15, 0.2) is 12.6 Å². The van der Waals surface area contributed by atoms with Crippen molar-refractivity contribution >= 4 is 0 Å². The van der Waals surface area contributed by atoms with Gasteiger partial charge >= 0.3 is 0 Å². The molecule has 0 bridgehead atoms. The molecule has 0 amide bonds. The zero-order valence-corrected chi connectivity index (χ0v) is 10.2. The van der Waals surface area contributed by atoms with Gasteiger partial charge in [-0.1, -0.05) is 0 Å². The minimum absolute atomic E-state index is 0.0365. The van der Waals surface area contributed by atoms with E-state index in [1.807, 2.05) is 13.8 Å². The van der Waals surface area contributed by atoms with Crippen molar-refractivity contribution in [2.45, 2.75) is 64.3 Å². The van der Waals surface area contributed by atoms with Gasteiger partial charge < -0.3 is 18.9 Å². The molecular formula is C12H22O4. The maximum atomic E-state index is 5.78. The lowest BCUT2D eigenvalue weighted by Crippen LogP contribution is -2.33. The molecular weight excluding hydrogens is 208 g/mol. The fourth-order valence-corrected chi connectivity index (χ4v) is 2.01. The van der Waals surface area contributed by atoms with Gasteiger partial charge in [0.2, 0.25) is 0 Å². The summed E-state index contributed by atoms with van der Waals surface area (Å²) in [5, 5.41) is 0. The monoisotopic (exact) mass is 230 g/mol. The van der Waals surface area contributed by atoms with E-state index in [0.29, 0.717) is 0 Å². The lowest BCUT2D eigenvalue weighted by Gasteiger charge is -2.26. The first-order chi connectivity index (χ1) is 7.75. The van der Waals surface area contributed by atoms with Crippen LogP contribution in [0.5, 0.6) is 0 Å². The fourth-order valence-electron chi connectivity index (χ4n) is 2.01. The van der Waals surface area contributed by atoms with E-state index >= 15 is 0 Å². The summed E-state index contributed by atoms with van der Waals surface area (Å²) >= 11 is 0. The highest BCUT2D eigenvalue weighted by atomic mass is 16.7. The van der Waals surface area contributed by atoms with Crippen LogP contribution in [-0.4, -0.2) is 38.0 Å². The van der Waals surface area contributed by atoms with Gasteiger partial charge in [-0.25, -0.2) is 0 Å². The van der Waals surface area contributed by atoms with E-state index in [2.05, 4.69) is 0 Å². The molecule has 2 rings (SSSR count). The molecule has 0 spiro atoms. The van der Waals surface area contributed by atoms with Gasteiger partial charge in [0.25, 0.3) is 0 Å². The molecule has 0 aliphatic carbocycles. The third-order valence-corrected chi connectivity index (χ3v) is 3.17. The average molecular weight is 230 g/mol. The SMILES string of the molecule is CC(OC1CCCO1)C(C)OC1CCCO1. The van der Waals surface area contributed by atoms with Gasteiger partial charge in [-0.2, -0.15) is 0 Å². The highest BCUT2D eigenvalue weighted by molar-refractivity contribution is 4.66. The van der Waals surface area contributed by atoms with Gasteiger partial charge in [-0.15, -0.1) is 0 Å². The van der Waals surface area contributed by atoms with Crippen LogP contribution in [0, 0.1) is 0 Å². The molecule has 2 heterocycles. The second kappa shape index (κ2) is 5.96. The topological polar surface area (TPSA) is 36.9 Å². The second-order valence-corrected chi connectivity index (χ2v) is 4.57. The molecule has 4 heteroatoms. The van der Waals surface area contributed by atoms with E-state index in [-0.39, 0.29) is 24.8 Å². The van der Waals surface area contributed by atoms with Gasteiger partial charge in [-0.3, -0.25) is 0 Å². The molecule has 2 saturated heterocycles. The normalized spacial score (nSPS) is 34.1. The summed E-state index contributed by atoms with van der Waals surface area (Å²) < 4.78 is 22.4. The van der Waals surface area contributed by atoms with Crippen LogP contribution >= 0.6 is 0 Å². The molecule has 94 valence electrons. The molecule has 4 nitrogen and oxygen atoms in total. The van der Waals surface area contributed by atoms with E-state index in [9.17, 15) is 0 Å². The Morgan fingerprint density at radius 1 is 0.875 bits per heavy atom. The maximum absolute atomic E-state index is 5.78. The Bertz CT molecular complexity index is 175. The summed E-state index contributed by atoms with van der Waals surface area (Å²) in [5.74, 6) is 0. The molecule has 2 aliphatic heterocycles. The van der Waals surface area contributed by atoms with E-state index in [4.69, 9.17) is 18.9 Å². The van der Waals surface area contributed by atoms with E-state index in [1.165, 1.54) is 0 Å². The summed E-state index contributed by atoms with van der Waals surface area (Å²) in [6.45, 7) is 5.69. The first-order valence-electron chi connectivity index (χ1n) is 6.30. The van der Waals surface area contributed by atoms with Crippen molar-refractivity contribution in [1.29, 1.82) is 0 Å². The first-order valence-corrected chi connectivity index (χ1v) is 6.30. The average Bonchev–Trinajstić information content (AvgIpc) is 2.90. The van der Waals surface area contributed by atoms with Crippen molar-refractivity contribution in [1.82, 2.24) is 0 Å². The van der Waals surface area contributed by atoms with E-state index in [0.717, 1.165) is 38.9 Å². The van der Waals surface area contributed by atoms with Crippen molar-refractivity contribution in [3.8, 4) is 0 Å². The van der Waals surface area contributed by atoms with Gasteiger partial charge in [-0.05, 0) is 26.7 Å². The minimum atomic E-state index is -0.0365. The summed E-state index contributed by atoms with van der Waals surface area (Å²) in [7, 11) is 0. The maximum Gasteiger partial charge on any atom is 0.158 e. The van der Waals surface area contributed by atoms with Crippen LogP contribution < -0.4 is 0 Å². The van der Waals surface area contributed by atoms with E-state index in [1.54, 1.807) is 0 Å². The highest BCUT2D eigenvalue weighted by Crippen LogP contribution is 2.20. The van der Waals surface area contributed by atoms with Crippen LogP contribution in [0.1, 0.15) is 39.5 Å². The van der Waals surface area contributed by atoms with Crippen molar-refractivity contribution < 1.29 is 18.9 Å². The zero-order chi connectivity index (χ0) is 11.4. The molecule has 0 saturated carbocycles. The molecule has 16 heavy (non-hydrogen) atoms. The lowest BCUT2D eigenvalue weighted by molar-refractivity contribution is -0.207. The quantitative estimate of drug-likeness (QED) is 0.724. The Hall–Kier alpha value is -0.160. The molecule has 0 N–H and O–H groups in total. The third-order valence-electron chi connectivity index (χ3n) is 3.17. The van der Waals surface area contributed by atoms with Gasteiger partial charge in [0.05, 0.1) is 12.2 Å². The molecule has 0 radical (unpaired) electrons. The van der Waals surface area contributed by atoms with Crippen molar-refractivity contribution in [2.24, 2.45) is 0 Å². The summed E-state index contributed by atoms with van der Waals surface area (Å²) in [6.07, 6.45) is 4.21. The van der Waals surface area contributed by atoms with Crippen LogP contribution in [0.4, 0.5) is 0 Å². The summed E-state index contributed by atoms with van der Waals surface area (Å²) in [4.78, 5) is 0.